The number of rotatable bonds is 7. The molecule has 7 atom stereocenters. The second kappa shape index (κ2) is 8.16. The number of hydrogen-bond acceptors (Lipinski definition) is 6. The lowest BCUT2D eigenvalue weighted by atomic mass is 10.0. The lowest BCUT2D eigenvalue weighted by Gasteiger charge is -2.37. The molecular formula is C25H34F2N6O. The van der Waals surface area contributed by atoms with Crippen molar-refractivity contribution in [3.63, 3.8) is 0 Å². The molecule has 3 unspecified atom stereocenters. The smallest absolute Gasteiger partial charge is 0.387 e. The molecule has 2 aliphatic carbocycles. The summed E-state index contributed by atoms with van der Waals surface area (Å²) in [5.41, 5.74) is 8.39. The predicted molar refractivity (Wildman–Crippen MR) is 126 cm³/mol. The van der Waals surface area contributed by atoms with Crippen LogP contribution in [0.25, 0.3) is 11.3 Å². The molecule has 2 saturated heterocycles. The number of halogens is 2. The number of pyridine rings is 1. The minimum absolute atomic E-state index is 0.0461. The highest BCUT2D eigenvalue weighted by Gasteiger charge is 2.60. The van der Waals surface area contributed by atoms with E-state index in [1.54, 1.807) is 6.20 Å². The van der Waals surface area contributed by atoms with E-state index < -0.39 is 6.61 Å². The standard InChI is InChI=1S/C25H34F2N6O/c1-4-13(2)33-21(9-20(30-33)14-5-22(34-25(26)27)24(28)29-10-14)23-18-7-15(8-19(18)23)32-12-16-6-17(32)11-31(16)3/h5,9-10,13,15-19,23,25H,4,6-8,11-12H2,1-3H3,(H2,28,29)/t13?,15?,16-,17-,18-,19+,23?/m0/s1. The molecule has 4 aliphatic rings. The summed E-state index contributed by atoms with van der Waals surface area (Å²) in [7, 11) is 2.26. The minimum Gasteiger partial charge on any atom is -0.431 e. The van der Waals surface area contributed by atoms with Gasteiger partial charge in [0.2, 0.25) is 0 Å². The first-order chi connectivity index (χ1) is 16.3. The maximum atomic E-state index is 12.8. The Labute approximate surface area is 199 Å². The molecule has 9 heteroatoms. The number of anilines is 1. The van der Waals surface area contributed by atoms with Gasteiger partial charge in [0.05, 0.1) is 5.69 Å². The van der Waals surface area contributed by atoms with Crippen LogP contribution < -0.4 is 10.5 Å². The predicted octanol–water partition coefficient (Wildman–Crippen LogP) is 3.98. The van der Waals surface area contributed by atoms with Crippen molar-refractivity contribution in [2.24, 2.45) is 11.8 Å². The summed E-state index contributed by atoms with van der Waals surface area (Å²) in [4.78, 5) is 9.39. The normalized spacial score (nSPS) is 33.6. The Morgan fingerprint density at radius 2 is 1.88 bits per heavy atom. The Morgan fingerprint density at radius 3 is 2.50 bits per heavy atom. The Kier molecular flexibility index (Phi) is 5.33. The summed E-state index contributed by atoms with van der Waals surface area (Å²) in [5, 5.41) is 4.90. The van der Waals surface area contributed by atoms with Crippen molar-refractivity contribution >= 4 is 5.82 Å². The number of fused-ring (bicyclic) bond motifs is 3. The van der Waals surface area contributed by atoms with E-state index in [1.165, 1.54) is 44.1 Å². The molecule has 0 spiro atoms. The summed E-state index contributed by atoms with van der Waals surface area (Å²) in [5.74, 6) is 1.82. The van der Waals surface area contributed by atoms with Crippen molar-refractivity contribution in [2.45, 2.75) is 76.2 Å². The fraction of sp³-hybridized carbons (Fsp3) is 0.680. The lowest BCUT2D eigenvalue weighted by Crippen LogP contribution is -2.48. The zero-order valence-corrected chi connectivity index (χ0v) is 20.1. The van der Waals surface area contributed by atoms with E-state index in [2.05, 4.69) is 51.2 Å². The molecule has 2 aromatic heterocycles. The van der Waals surface area contributed by atoms with Gasteiger partial charge in [-0.15, -0.1) is 0 Å². The number of nitrogens with two attached hydrogens (primary N) is 1. The Bertz CT molecular complexity index is 1060. The van der Waals surface area contributed by atoms with Gasteiger partial charge < -0.3 is 15.4 Å². The molecule has 184 valence electrons. The fourth-order valence-electron chi connectivity index (χ4n) is 6.98. The molecule has 0 radical (unpaired) electrons. The van der Waals surface area contributed by atoms with Gasteiger partial charge >= 0.3 is 6.61 Å². The van der Waals surface area contributed by atoms with Crippen LogP contribution >= 0.6 is 0 Å². The van der Waals surface area contributed by atoms with Crippen LogP contribution in [0.1, 0.15) is 57.2 Å². The zero-order valence-electron chi connectivity index (χ0n) is 20.1. The van der Waals surface area contributed by atoms with Crippen LogP contribution in [0.3, 0.4) is 0 Å². The fourth-order valence-corrected chi connectivity index (χ4v) is 6.98. The first-order valence-electron chi connectivity index (χ1n) is 12.6. The zero-order chi connectivity index (χ0) is 23.7. The molecule has 4 heterocycles. The van der Waals surface area contributed by atoms with Crippen LogP contribution in [-0.4, -0.2) is 69.4 Å². The third-order valence-corrected chi connectivity index (χ3v) is 8.95. The summed E-state index contributed by atoms with van der Waals surface area (Å²) < 4.78 is 32.3. The van der Waals surface area contributed by atoms with Crippen LogP contribution in [0, 0.1) is 11.8 Å². The SMILES string of the molecule is CCC(C)n1nc(-c2cnc(N)c(OC(F)F)c2)cc1C1[C@H]2CC(N3C[C@@H]4C[C@H]3CN4C)C[C@@H]12. The summed E-state index contributed by atoms with van der Waals surface area (Å²) >= 11 is 0. The Balaban J connectivity index is 1.22. The van der Waals surface area contributed by atoms with Crippen molar-refractivity contribution in [2.75, 3.05) is 25.9 Å². The largest absolute Gasteiger partial charge is 0.431 e. The van der Waals surface area contributed by atoms with Crippen molar-refractivity contribution in [3.05, 3.63) is 24.0 Å². The molecule has 2 aromatic rings. The van der Waals surface area contributed by atoms with Crippen LogP contribution in [0.4, 0.5) is 14.6 Å². The molecule has 6 rings (SSSR count). The summed E-state index contributed by atoms with van der Waals surface area (Å²) in [6.07, 6.45) is 6.45. The van der Waals surface area contributed by atoms with E-state index in [4.69, 9.17) is 10.8 Å². The molecule has 2 N–H and O–H groups in total. The monoisotopic (exact) mass is 472 g/mol. The second-order valence-electron chi connectivity index (χ2n) is 10.8. The first-order valence-corrected chi connectivity index (χ1v) is 12.6. The van der Waals surface area contributed by atoms with Crippen molar-refractivity contribution < 1.29 is 13.5 Å². The average Bonchev–Trinajstić information content (AvgIpc) is 3.33. The maximum Gasteiger partial charge on any atom is 0.387 e. The molecule has 2 aliphatic heterocycles. The molecule has 2 saturated carbocycles. The van der Waals surface area contributed by atoms with Crippen molar-refractivity contribution in [1.82, 2.24) is 24.6 Å². The van der Waals surface area contributed by atoms with E-state index in [0.717, 1.165) is 42.1 Å². The number of hydrogen-bond donors (Lipinski definition) is 1. The molecular weight excluding hydrogens is 438 g/mol. The molecule has 34 heavy (non-hydrogen) atoms. The molecule has 7 nitrogen and oxygen atoms in total. The molecule has 0 aromatic carbocycles. The number of aromatic nitrogens is 3. The molecule has 2 bridgehead atoms. The summed E-state index contributed by atoms with van der Waals surface area (Å²) in [6, 6.07) is 6.14. The van der Waals surface area contributed by atoms with Gasteiger partial charge in [0.1, 0.15) is 0 Å². The van der Waals surface area contributed by atoms with Gasteiger partial charge in [0.15, 0.2) is 11.6 Å². The highest BCUT2D eigenvalue weighted by Crippen LogP contribution is 2.64. The van der Waals surface area contributed by atoms with Gasteiger partial charge in [-0.3, -0.25) is 9.58 Å². The van der Waals surface area contributed by atoms with Gasteiger partial charge in [-0.25, -0.2) is 4.98 Å². The second-order valence-corrected chi connectivity index (χ2v) is 10.8. The third-order valence-electron chi connectivity index (χ3n) is 8.95. The highest BCUT2D eigenvalue weighted by molar-refractivity contribution is 5.64. The van der Waals surface area contributed by atoms with Crippen LogP contribution in [0.15, 0.2) is 18.3 Å². The molecule has 0 amide bonds. The highest BCUT2D eigenvalue weighted by atomic mass is 19.3. The third kappa shape index (κ3) is 3.59. The number of nitrogens with zero attached hydrogens (tertiary/aromatic N) is 5. The van der Waals surface area contributed by atoms with Crippen LogP contribution in [-0.2, 0) is 0 Å². The number of likely N-dealkylation sites (N-methyl/N-ethyl adjacent to an activating group) is 1. The number of piperazine rings is 1. The maximum absolute atomic E-state index is 12.8. The Morgan fingerprint density at radius 1 is 1.12 bits per heavy atom. The van der Waals surface area contributed by atoms with Crippen molar-refractivity contribution in [1.29, 1.82) is 0 Å². The van der Waals surface area contributed by atoms with Gasteiger partial charge in [-0.05, 0) is 63.6 Å². The van der Waals surface area contributed by atoms with Gasteiger partial charge in [0, 0.05) is 60.6 Å². The molecule has 4 fully saturated rings. The number of alkyl halides is 2. The van der Waals surface area contributed by atoms with E-state index in [-0.39, 0.29) is 17.6 Å². The van der Waals surface area contributed by atoms with Crippen molar-refractivity contribution in [3.8, 4) is 17.0 Å². The number of likely N-dealkylation sites (tertiary alicyclic amines) is 2. The minimum atomic E-state index is -2.95. The summed E-state index contributed by atoms with van der Waals surface area (Å²) in [6.45, 7) is 3.86. The number of ether oxygens (including phenoxy) is 1. The van der Waals surface area contributed by atoms with Crippen LogP contribution in [0.2, 0.25) is 0 Å². The quantitative estimate of drug-likeness (QED) is 0.657. The van der Waals surface area contributed by atoms with E-state index in [1.807, 2.05) is 0 Å². The van der Waals surface area contributed by atoms with E-state index >= 15 is 0 Å². The van der Waals surface area contributed by atoms with Crippen LogP contribution in [0.5, 0.6) is 5.75 Å². The number of nitrogen functional groups attached to an aromatic ring is 1. The Hall–Kier alpha value is -2.26. The van der Waals surface area contributed by atoms with Gasteiger partial charge in [-0.1, -0.05) is 6.92 Å². The lowest BCUT2D eigenvalue weighted by molar-refractivity contribution is -0.0494. The van der Waals surface area contributed by atoms with E-state index in [0.29, 0.717) is 11.5 Å². The first kappa shape index (κ1) is 22.2. The average molecular weight is 473 g/mol. The van der Waals surface area contributed by atoms with E-state index in [9.17, 15) is 8.78 Å². The van der Waals surface area contributed by atoms with Gasteiger partial charge in [-0.2, -0.15) is 13.9 Å². The topological polar surface area (TPSA) is 72.4 Å². The van der Waals surface area contributed by atoms with Gasteiger partial charge in [0.25, 0.3) is 0 Å².